The minimum Gasteiger partial charge on any atom is -0.492 e. The number of piperidine rings is 1. The number of aromatic nitrogens is 3. The fraction of sp³-hybridized carbons (Fsp3) is 0.625. The van der Waals surface area contributed by atoms with Crippen molar-refractivity contribution in [1.29, 1.82) is 0 Å². The van der Waals surface area contributed by atoms with Crippen LogP contribution in [-0.4, -0.2) is 71.9 Å². The van der Waals surface area contributed by atoms with Crippen molar-refractivity contribution in [3.63, 3.8) is 0 Å². The molecule has 1 fully saturated rings. The number of hydrogen-bond acceptors (Lipinski definition) is 8. The summed E-state index contributed by atoms with van der Waals surface area (Å²) < 4.78 is 19.9. The molecule has 0 radical (unpaired) electrons. The lowest BCUT2D eigenvalue weighted by Gasteiger charge is -2.40. The van der Waals surface area contributed by atoms with E-state index < -0.39 is 14.4 Å². The molecule has 1 atom stereocenters. The molecule has 12 heteroatoms. The molecule has 2 N–H and O–H groups in total. The van der Waals surface area contributed by atoms with E-state index >= 15 is 0 Å². The van der Waals surface area contributed by atoms with Crippen LogP contribution in [0.25, 0.3) is 11.0 Å². The highest BCUT2D eigenvalue weighted by Crippen LogP contribution is 2.41. The number of carbonyl (C=O) groups is 1. The van der Waals surface area contributed by atoms with Crippen molar-refractivity contribution >= 4 is 25.4 Å². The molecule has 2 aliphatic rings. The third kappa shape index (κ3) is 7.02. The smallest absolute Gasteiger partial charge is 0.404 e. The Morgan fingerprint density at radius 3 is 2.64 bits per heavy atom. The van der Waals surface area contributed by atoms with Crippen molar-refractivity contribution < 1.29 is 23.6 Å². The number of benzene rings is 1. The topological polar surface area (TPSA) is 132 Å². The summed E-state index contributed by atoms with van der Waals surface area (Å²) in [7, 11) is -2.00. The molecule has 1 saturated heterocycles. The third-order valence-electron chi connectivity index (χ3n) is 9.65. The first-order valence-electron chi connectivity index (χ1n) is 15.8. The Kier molecular flexibility index (Phi) is 9.52. The Bertz CT molecular complexity index is 1540. The Hall–Kier alpha value is -3.22. The average Bonchev–Trinajstić information content (AvgIpc) is 3.38. The van der Waals surface area contributed by atoms with Crippen molar-refractivity contribution in [1.82, 2.24) is 24.9 Å². The van der Waals surface area contributed by atoms with Crippen LogP contribution in [0.15, 0.2) is 27.5 Å². The maximum atomic E-state index is 13.7. The SMILES string of the molecule is Cc1nc2n(c(=O)c1CCN1CCC(c3noc4cc(OCCNC(=O)O)ccc34)CC1)CCCC2O[Si](C)(C)C(C)(C)C. The largest absolute Gasteiger partial charge is 0.492 e. The number of ether oxygens (including phenoxy) is 1. The summed E-state index contributed by atoms with van der Waals surface area (Å²) in [6.07, 6.45) is 3.27. The maximum Gasteiger partial charge on any atom is 0.404 e. The number of rotatable bonds is 10. The number of fused-ring (bicyclic) bond motifs is 2. The van der Waals surface area contributed by atoms with E-state index in [0.717, 1.165) is 73.5 Å². The van der Waals surface area contributed by atoms with Crippen LogP contribution in [0.4, 0.5) is 4.79 Å². The highest BCUT2D eigenvalue weighted by atomic mass is 28.4. The predicted molar refractivity (Wildman–Crippen MR) is 171 cm³/mol. The fourth-order valence-electron chi connectivity index (χ4n) is 6.03. The lowest BCUT2D eigenvalue weighted by Crippen LogP contribution is -2.44. The number of nitrogens with zero attached hydrogens (tertiary/aromatic N) is 4. The van der Waals surface area contributed by atoms with Gasteiger partial charge in [-0.3, -0.25) is 9.36 Å². The number of aryl methyl sites for hydroxylation is 1. The molecule has 4 heterocycles. The summed E-state index contributed by atoms with van der Waals surface area (Å²) in [6, 6.07) is 5.64. The first-order chi connectivity index (χ1) is 20.8. The molecule has 1 aromatic carbocycles. The van der Waals surface area contributed by atoms with Crippen LogP contribution in [0.5, 0.6) is 5.75 Å². The standard InChI is InChI=1S/C32H47N5O6Si/c1-21-24(30(38)37-15-7-8-26(29(37)34-21)43-44(5,6)32(2,3)4)13-18-36-16-11-22(12-17-36)28-25-10-9-23(20-27(25)42-35-28)41-19-14-33-31(39)40/h9-10,20,22,26,33H,7-8,11-19H2,1-6H3,(H,39,40). The summed E-state index contributed by atoms with van der Waals surface area (Å²) >= 11 is 0. The highest BCUT2D eigenvalue weighted by molar-refractivity contribution is 6.74. The van der Waals surface area contributed by atoms with Crippen LogP contribution in [0.1, 0.15) is 81.3 Å². The summed E-state index contributed by atoms with van der Waals surface area (Å²) in [5.74, 6) is 1.72. The Balaban J connectivity index is 1.18. The summed E-state index contributed by atoms with van der Waals surface area (Å²) in [6.45, 7) is 17.1. The van der Waals surface area contributed by atoms with Crippen LogP contribution in [0.2, 0.25) is 18.1 Å². The molecule has 1 unspecified atom stereocenters. The van der Waals surface area contributed by atoms with Crippen LogP contribution in [0.3, 0.4) is 0 Å². The van der Waals surface area contributed by atoms with Crippen LogP contribution in [-0.2, 0) is 17.4 Å². The first-order valence-corrected chi connectivity index (χ1v) is 18.7. The van der Waals surface area contributed by atoms with Gasteiger partial charge in [-0.15, -0.1) is 0 Å². The zero-order valence-corrected chi connectivity index (χ0v) is 27.9. The summed E-state index contributed by atoms with van der Waals surface area (Å²) in [4.78, 5) is 31.7. The van der Waals surface area contributed by atoms with Crippen molar-refractivity contribution in [3.05, 3.63) is 51.3 Å². The van der Waals surface area contributed by atoms with E-state index in [0.29, 0.717) is 30.2 Å². The third-order valence-corrected chi connectivity index (χ3v) is 14.1. The van der Waals surface area contributed by atoms with Gasteiger partial charge in [0, 0.05) is 41.7 Å². The molecule has 3 aromatic rings. The monoisotopic (exact) mass is 625 g/mol. The van der Waals surface area contributed by atoms with Gasteiger partial charge in [0.1, 0.15) is 24.3 Å². The van der Waals surface area contributed by atoms with Crippen molar-refractivity contribution in [2.75, 3.05) is 32.8 Å². The Morgan fingerprint density at radius 1 is 1.18 bits per heavy atom. The molecule has 0 spiro atoms. The lowest BCUT2D eigenvalue weighted by atomic mass is 9.91. The molecule has 2 aromatic heterocycles. The van der Waals surface area contributed by atoms with Gasteiger partial charge in [0.25, 0.3) is 5.56 Å². The van der Waals surface area contributed by atoms with E-state index in [1.54, 1.807) is 6.07 Å². The second-order valence-electron chi connectivity index (χ2n) is 13.7. The molecule has 240 valence electrons. The number of hydrogen-bond donors (Lipinski definition) is 2. The Morgan fingerprint density at radius 2 is 1.93 bits per heavy atom. The van der Waals surface area contributed by atoms with Gasteiger partial charge in [-0.25, -0.2) is 9.78 Å². The van der Waals surface area contributed by atoms with Crippen molar-refractivity contribution in [2.24, 2.45) is 0 Å². The van der Waals surface area contributed by atoms with Gasteiger partial charge in [0.2, 0.25) is 0 Å². The van der Waals surface area contributed by atoms with Gasteiger partial charge in [-0.2, -0.15) is 0 Å². The van der Waals surface area contributed by atoms with Crippen LogP contribution in [0, 0.1) is 6.92 Å². The minimum atomic E-state index is -2.00. The molecule has 0 bridgehead atoms. The van der Waals surface area contributed by atoms with Gasteiger partial charge in [0.15, 0.2) is 13.9 Å². The highest BCUT2D eigenvalue weighted by Gasteiger charge is 2.41. The average molecular weight is 626 g/mol. The fourth-order valence-corrected chi connectivity index (χ4v) is 7.32. The molecule has 44 heavy (non-hydrogen) atoms. The normalized spacial score (nSPS) is 18.4. The summed E-state index contributed by atoms with van der Waals surface area (Å²) in [5, 5.41) is 16.4. The van der Waals surface area contributed by atoms with Crippen LogP contribution < -0.4 is 15.6 Å². The molecule has 0 saturated carbocycles. The van der Waals surface area contributed by atoms with Crippen LogP contribution >= 0.6 is 0 Å². The van der Waals surface area contributed by atoms with E-state index in [1.165, 1.54) is 0 Å². The summed E-state index contributed by atoms with van der Waals surface area (Å²) in [5.41, 5.74) is 3.39. The van der Waals surface area contributed by atoms with Crippen molar-refractivity contribution in [3.8, 4) is 5.75 Å². The van der Waals surface area contributed by atoms with E-state index in [1.807, 2.05) is 23.6 Å². The number of likely N-dealkylation sites (tertiary alicyclic amines) is 1. The predicted octanol–water partition coefficient (Wildman–Crippen LogP) is 5.62. The number of amides is 1. The Labute approximate surface area is 260 Å². The zero-order valence-electron chi connectivity index (χ0n) is 26.9. The van der Waals surface area contributed by atoms with E-state index in [2.05, 4.69) is 49.2 Å². The number of carboxylic acid groups (broad SMARTS) is 1. The molecule has 2 aliphatic heterocycles. The van der Waals surface area contributed by atoms with E-state index in [4.69, 9.17) is 23.8 Å². The van der Waals surface area contributed by atoms with E-state index in [-0.39, 0.29) is 29.9 Å². The molecular formula is C32H47N5O6Si. The minimum absolute atomic E-state index is 0.0981. The molecule has 5 rings (SSSR count). The first kappa shape index (κ1) is 32.2. The van der Waals surface area contributed by atoms with E-state index in [9.17, 15) is 9.59 Å². The van der Waals surface area contributed by atoms with Gasteiger partial charge >= 0.3 is 6.09 Å². The molecular weight excluding hydrogens is 578 g/mol. The lowest BCUT2D eigenvalue weighted by molar-refractivity contribution is 0.137. The zero-order chi connectivity index (χ0) is 31.6. The second kappa shape index (κ2) is 13.0. The molecule has 0 aliphatic carbocycles. The quantitative estimate of drug-likeness (QED) is 0.218. The molecule has 11 nitrogen and oxygen atoms in total. The van der Waals surface area contributed by atoms with Gasteiger partial charge in [-0.05, 0) is 82.4 Å². The number of nitrogens with one attached hydrogen (secondary N) is 1. The van der Waals surface area contributed by atoms with Gasteiger partial charge in [0.05, 0.1) is 12.2 Å². The maximum absolute atomic E-state index is 13.7. The second-order valence-corrected chi connectivity index (χ2v) is 18.4. The molecule has 1 amide bonds. The van der Waals surface area contributed by atoms with Crippen molar-refractivity contribution in [2.45, 2.75) is 96.5 Å². The van der Waals surface area contributed by atoms with Gasteiger partial charge in [-0.1, -0.05) is 25.9 Å². The van der Waals surface area contributed by atoms with Gasteiger partial charge < -0.3 is 29.0 Å².